The fourth-order valence-corrected chi connectivity index (χ4v) is 2.08. The second-order valence-corrected chi connectivity index (χ2v) is 5.23. The van der Waals surface area contributed by atoms with E-state index in [0.29, 0.717) is 6.42 Å². The highest BCUT2D eigenvalue weighted by molar-refractivity contribution is 6.06. The molecule has 0 aliphatic heterocycles. The van der Waals surface area contributed by atoms with Gasteiger partial charge in [0.15, 0.2) is 5.84 Å². The SMILES string of the molecule is CCC(C)(C(=O)NC(C)c1cc(C)oc1C)/C(N)=N/O. The molecule has 4 N–H and O–H groups in total. The van der Waals surface area contributed by atoms with Gasteiger partial charge in [0.05, 0.1) is 6.04 Å². The van der Waals surface area contributed by atoms with Gasteiger partial charge in [-0.25, -0.2) is 0 Å². The minimum atomic E-state index is -1.03. The van der Waals surface area contributed by atoms with Gasteiger partial charge in [0.25, 0.3) is 0 Å². The Morgan fingerprint density at radius 1 is 1.60 bits per heavy atom. The number of aryl methyl sites for hydroxylation is 2. The topological polar surface area (TPSA) is 101 Å². The van der Waals surface area contributed by atoms with Crippen LogP contribution in [0.15, 0.2) is 15.6 Å². The minimum absolute atomic E-state index is 0.0928. The number of carbonyl (C=O) groups excluding carboxylic acids is 1. The first-order valence-electron chi connectivity index (χ1n) is 6.62. The molecule has 20 heavy (non-hydrogen) atoms. The molecular formula is C14H23N3O3. The van der Waals surface area contributed by atoms with Crippen molar-refractivity contribution < 1.29 is 14.4 Å². The number of furan rings is 1. The number of hydrogen-bond acceptors (Lipinski definition) is 4. The molecule has 0 fully saturated rings. The smallest absolute Gasteiger partial charge is 0.234 e. The zero-order chi connectivity index (χ0) is 15.5. The van der Waals surface area contributed by atoms with E-state index in [1.807, 2.05) is 33.8 Å². The van der Waals surface area contributed by atoms with E-state index in [4.69, 9.17) is 15.4 Å². The maximum absolute atomic E-state index is 12.4. The van der Waals surface area contributed by atoms with E-state index in [1.54, 1.807) is 6.92 Å². The third-order valence-electron chi connectivity index (χ3n) is 3.77. The Morgan fingerprint density at radius 3 is 2.60 bits per heavy atom. The summed E-state index contributed by atoms with van der Waals surface area (Å²) in [5, 5.41) is 14.7. The molecule has 2 atom stereocenters. The molecular weight excluding hydrogens is 258 g/mol. The lowest BCUT2D eigenvalue weighted by Gasteiger charge is -2.27. The van der Waals surface area contributed by atoms with Crippen molar-refractivity contribution in [2.24, 2.45) is 16.3 Å². The third kappa shape index (κ3) is 2.95. The van der Waals surface area contributed by atoms with Crippen LogP contribution in [-0.4, -0.2) is 17.0 Å². The van der Waals surface area contributed by atoms with Crippen molar-refractivity contribution in [1.82, 2.24) is 5.32 Å². The van der Waals surface area contributed by atoms with Crippen LogP contribution in [0.3, 0.4) is 0 Å². The number of oxime groups is 1. The summed E-state index contributed by atoms with van der Waals surface area (Å²) in [5.74, 6) is 1.21. The molecule has 0 saturated heterocycles. The molecule has 1 aromatic heterocycles. The largest absolute Gasteiger partial charge is 0.466 e. The third-order valence-corrected chi connectivity index (χ3v) is 3.77. The highest BCUT2D eigenvalue weighted by Gasteiger charge is 2.37. The first kappa shape index (κ1) is 16.1. The molecule has 1 heterocycles. The summed E-state index contributed by atoms with van der Waals surface area (Å²) in [5.41, 5.74) is 5.52. The second kappa shape index (κ2) is 5.98. The average molecular weight is 281 g/mol. The number of rotatable bonds is 5. The van der Waals surface area contributed by atoms with Gasteiger partial charge in [-0.15, -0.1) is 0 Å². The van der Waals surface area contributed by atoms with Gasteiger partial charge in [-0.2, -0.15) is 0 Å². The highest BCUT2D eigenvalue weighted by atomic mass is 16.4. The monoisotopic (exact) mass is 281 g/mol. The minimum Gasteiger partial charge on any atom is -0.466 e. The van der Waals surface area contributed by atoms with E-state index in [2.05, 4.69) is 10.5 Å². The van der Waals surface area contributed by atoms with E-state index in [1.165, 1.54) is 0 Å². The lowest BCUT2D eigenvalue weighted by Crippen LogP contribution is -2.48. The molecule has 112 valence electrons. The summed E-state index contributed by atoms with van der Waals surface area (Å²) in [7, 11) is 0. The molecule has 6 heteroatoms. The van der Waals surface area contributed by atoms with Crippen LogP contribution in [-0.2, 0) is 4.79 Å². The first-order chi connectivity index (χ1) is 9.26. The summed E-state index contributed by atoms with van der Waals surface area (Å²) in [6.07, 6.45) is 0.435. The van der Waals surface area contributed by atoms with Crippen molar-refractivity contribution in [3.63, 3.8) is 0 Å². The van der Waals surface area contributed by atoms with E-state index in [0.717, 1.165) is 17.1 Å². The average Bonchev–Trinajstić information content (AvgIpc) is 2.75. The maximum atomic E-state index is 12.4. The predicted molar refractivity (Wildman–Crippen MR) is 76.5 cm³/mol. The quantitative estimate of drug-likeness (QED) is 0.333. The Bertz CT molecular complexity index is 522. The van der Waals surface area contributed by atoms with E-state index in [9.17, 15) is 4.79 Å². The van der Waals surface area contributed by atoms with Crippen LogP contribution < -0.4 is 11.1 Å². The van der Waals surface area contributed by atoms with Gasteiger partial charge in [-0.05, 0) is 40.2 Å². The molecule has 0 aliphatic carbocycles. The first-order valence-corrected chi connectivity index (χ1v) is 6.62. The fourth-order valence-electron chi connectivity index (χ4n) is 2.08. The van der Waals surface area contributed by atoms with Crippen LogP contribution in [0.25, 0.3) is 0 Å². The van der Waals surface area contributed by atoms with Crippen LogP contribution >= 0.6 is 0 Å². The van der Waals surface area contributed by atoms with E-state index >= 15 is 0 Å². The number of amidine groups is 1. The summed E-state index contributed by atoms with van der Waals surface area (Å²) >= 11 is 0. The van der Waals surface area contributed by atoms with Crippen molar-refractivity contribution in [1.29, 1.82) is 0 Å². The summed E-state index contributed by atoms with van der Waals surface area (Å²) < 4.78 is 5.46. The van der Waals surface area contributed by atoms with E-state index < -0.39 is 5.41 Å². The number of nitrogens with zero attached hydrogens (tertiary/aromatic N) is 1. The molecule has 0 radical (unpaired) electrons. The summed E-state index contributed by atoms with van der Waals surface area (Å²) in [6, 6.07) is 1.69. The van der Waals surface area contributed by atoms with Gasteiger partial charge in [0, 0.05) is 5.56 Å². The van der Waals surface area contributed by atoms with E-state index in [-0.39, 0.29) is 17.8 Å². The molecule has 0 aliphatic rings. The zero-order valence-corrected chi connectivity index (χ0v) is 12.7. The molecule has 1 rings (SSSR count). The molecule has 1 amide bonds. The van der Waals surface area contributed by atoms with Gasteiger partial charge in [0.2, 0.25) is 5.91 Å². The molecule has 2 unspecified atom stereocenters. The Morgan fingerprint density at radius 2 is 2.20 bits per heavy atom. The summed E-state index contributed by atoms with van der Waals surface area (Å²) in [6.45, 7) is 9.05. The molecule has 0 spiro atoms. The number of amides is 1. The van der Waals surface area contributed by atoms with Gasteiger partial charge in [-0.1, -0.05) is 12.1 Å². The van der Waals surface area contributed by atoms with Crippen molar-refractivity contribution in [2.45, 2.75) is 47.1 Å². The van der Waals surface area contributed by atoms with Gasteiger partial charge >= 0.3 is 0 Å². The van der Waals surface area contributed by atoms with Crippen molar-refractivity contribution in [3.8, 4) is 0 Å². The Balaban J connectivity index is 2.92. The van der Waals surface area contributed by atoms with Gasteiger partial charge < -0.3 is 20.7 Å². The summed E-state index contributed by atoms with van der Waals surface area (Å²) in [4.78, 5) is 12.4. The Labute approximate surface area is 119 Å². The van der Waals surface area contributed by atoms with Crippen molar-refractivity contribution >= 4 is 11.7 Å². The van der Waals surface area contributed by atoms with Gasteiger partial charge in [0.1, 0.15) is 16.9 Å². The second-order valence-electron chi connectivity index (χ2n) is 5.23. The number of nitrogens with one attached hydrogen (secondary N) is 1. The zero-order valence-electron chi connectivity index (χ0n) is 12.7. The normalized spacial score (nSPS) is 16.6. The molecule has 0 aromatic carbocycles. The Hall–Kier alpha value is -1.98. The van der Waals surface area contributed by atoms with Crippen LogP contribution in [0.1, 0.15) is 50.3 Å². The highest BCUT2D eigenvalue weighted by Crippen LogP contribution is 2.26. The molecule has 0 saturated carbocycles. The van der Waals surface area contributed by atoms with Gasteiger partial charge in [-0.3, -0.25) is 4.79 Å². The van der Waals surface area contributed by atoms with Crippen LogP contribution in [0, 0.1) is 19.3 Å². The Kier molecular flexibility index (Phi) is 4.81. The predicted octanol–water partition coefficient (Wildman–Crippen LogP) is 2.24. The van der Waals surface area contributed by atoms with Crippen LogP contribution in [0.5, 0.6) is 0 Å². The molecule has 1 aromatic rings. The fraction of sp³-hybridized carbons (Fsp3) is 0.571. The molecule has 0 bridgehead atoms. The van der Waals surface area contributed by atoms with Crippen LogP contribution in [0.4, 0.5) is 0 Å². The maximum Gasteiger partial charge on any atom is 0.234 e. The lowest BCUT2D eigenvalue weighted by molar-refractivity contribution is -0.127. The number of carbonyl (C=O) groups is 1. The number of hydrogen-bond donors (Lipinski definition) is 3. The molecule has 6 nitrogen and oxygen atoms in total. The number of nitrogens with two attached hydrogens (primary N) is 1. The standard InChI is InChI=1S/C14H23N3O3/c1-6-14(5,12(15)17-19)13(18)16-9(3)11-7-8(2)20-10(11)4/h7,9,19H,6H2,1-5H3,(H2,15,17)(H,16,18). The van der Waals surface area contributed by atoms with Crippen molar-refractivity contribution in [3.05, 3.63) is 23.2 Å². The van der Waals surface area contributed by atoms with Crippen molar-refractivity contribution in [2.75, 3.05) is 0 Å². The van der Waals surface area contributed by atoms with Crippen LogP contribution in [0.2, 0.25) is 0 Å². The lowest BCUT2D eigenvalue weighted by atomic mass is 9.84.